The molecule has 0 unspecified atom stereocenters. The van der Waals surface area contributed by atoms with E-state index >= 15 is 0 Å². The van der Waals surface area contributed by atoms with Crippen molar-refractivity contribution in [3.63, 3.8) is 0 Å². The number of hydrogen-bond acceptors (Lipinski definition) is 2. The fraction of sp³-hybridized carbons (Fsp3) is 0.455. The average molecular weight is 206 g/mol. The third-order valence-corrected chi connectivity index (χ3v) is 1.55. The van der Waals surface area contributed by atoms with Gasteiger partial charge in [0.05, 0.1) is 0 Å². The monoisotopic (exact) mass is 206 g/mol. The van der Waals surface area contributed by atoms with Gasteiger partial charge in [0.2, 0.25) is 5.96 Å². The van der Waals surface area contributed by atoms with Crippen LogP contribution in [-0.4, -0.2) is 30.0 Å². The lowest BCUT2D eigenvalue weighted by Crippen LogP contribution is -2.40. The van der Waals surface area contributed by atoms with E-state index in [0.29, 0.717) is 19.0 Å². The molecule has 1 N–H and O–H groups in total. The van der Waals surface area contributed by atoms with Crippen molar-refractivity contribution < 1.29 is 0 Å². The summed E-state index contributed by atoms with van der Waals surface area (Å²) in [6.45, 7) is 12.5. The zero-order valence-corrected chi connectivity index (χ0v) is 9.40. The standard InChI is InChI=1S/C11H18N4/c1-5-7-15(8-6-2)11(13-9-12)14-10(3)4/h5-6,10H,1-2,7-8H2,3-4H3,(H,13,14). The van der Waals surface area contributed by atoms with E-state index in [0.717, 1.165) is 0 Å². The molecule has 4 heteroatoms. The fourth-order valence-corrected chi connectivity index (χ4v) is 1.05. The highest BCUT2D eigenvalue weighted by molar-refractivity contribution is 5.81. The molecule has 0 amide bonds. The maximum atomic E-state index is 8.61. The number of rotatable bonds is 5. The van der Waals surface area contributed by atoms with Crippen LogP contribution in [0.4, 0.5) is 0 Å². The molecule has 0 saturated heterocycles. The average Bonchev–Trinajstić information content (AvgIpc) is 2.16. The van der Waals surface area contributed by atoms with E-state index in [4.69, 9.17) is 5.26 Å². The number of nitriles is 1. The first-order chi connectivity index (χ1) is 7.15. The van der Waals surface area contributed by atoms with E-state index in [2.05, 4.69) is 23.5 Å². The molecule has 15 heavy (non-hydrogen) atoms. The number of hydrogen-bond donors (Lipinski definition) is 1. The van der Waals surface area contributed by atoms with Crippen molar-refractivity contribution in [3.05, 3.63) is 25.3 Å². The van der Waals surface area contributed by atoms with E-state index in [1.165, 1.54) is 0 Å². The van der Waals surface area contributed by atoms with Crippen molar-refractivity contribution in [2.24, 2.45) is 4.99 Å². The van der Waals surface area contributed by atoms with Gasteiger partial charge in [-0.15, -0.1) is 13.2 Å². The summed E-state index contributed by atoms with van der Waals surface area (Å²) in [6.07, 6.45) is 5.40. The molecule has 0 bridgehead atoms. The Bertz CT molecular complexity index is 263. The molecule has 0 aliphatic carbocycles. The van der Waals surface area contributed by atoms with Gasteiger partial charge in [0.15, 0.2) is 6.19 Å². The summed E-state index contributed by atoms with van der Waals surface area (Å²) >= 11 is 0. The van der Waals surface area contributed by atoms with Gasteiger partial charge in [-0.1, -0.05) is 12.2 Å². The summed E-state index contributed by atoms with van der Waals surface area (Å²) in [5.74, 6) is 0.562. The molecule has 0 radical (unpaired) electrons. The Kier molecular flexibility index (Phi) is 6.73. The van der Waals surface area contributed by atoms with Crippen LogP contribution in [0.2, 0.25) is 0 Å². The van der Waals surface area contributed by atoms with Gasteiger partial charge in [0.1, 0.15) is 0 Å². The van der Waals surface area contributed by atoms with E-state index < -0.39 is 0 Å². The molecule has 0 aliphatic rings. The van der Waals surface area contributed by atoms with Crippen LogP contribution in [0.1, 0.15) is 13.8 Å². The second-order valence-corrected chi connectivity index (χ2v) is 3.27. The van der Waals surface area contributed by atoms with E-state index in [1.54, 1.807) is 12.2 Å². The minimum atomic E-state index is 0.137. The molecule has 0 fully saturated rings. The molecular formula is C11H18N4. The predicted octanol–water partition coefficient (Wildman–Crippen LogP) is 1.50. The summed E-state index contributed by atoms with van der Waals surface area (Å²) in [4.78, 5) is 6.21. The van der Waals surface area contributed by atoms with Gasteiger partial charge >= 0.3 is 0 Å². The highest BCUT2D eigenvalue weighted by Gasteiger charge is 2.08. The smallest absolute Gasteiger partial charge is 0.208 e. The predicted molar refractivity (Wildman–Crippen MR) is 63.3 cm³/mol. The van der Waals surface area contributed by atoms with Gasteiger partial charge in [-0.3, -0.25) is 5.32 Å². The Morgan fingerprint density at radius 1 is 1.47 bits per heavy atom. The van der Waals surface area contributed by atoms with Crippen LogP contribution < -0.4 is 5.32 Å². The molecule has 4 nitrogen and oxygen atoms in total. The number of guanidine groups is 1. The zero-order valence-electron chi connectivity index (χ0n) is 9.40. The highest BCUT2D eigenvalue weighted by atomic mass is 15.3. The van der Waals surface area contributed by atoms with Crippen molar-refractivity contribution >= 4 is 5.96 Å². The van der Waals surface area contributed by atoms with Crippen LogP contribution in [0, 0.1) is 11.5 Å². The molecule has 0 aromatic rings. The second-order valence-electron chi connectivity index (χ2n) is 3.27. The Morgan fingerprint density at radius 2 is 2.00 bits per heavy atom. The molecule has 0 aromatic carbocycles. The first kappa shape index (κ1) is 13.2. The Labute approximate surface area is 91.6 Å². The molecular weight excluding hydrogens is 188 g/mol. The van der Waals surface area contributed by atoms with Gasteiger partial charge in [-0.25, -0.2) is 4.99 Å². The molecule has 0 atom stereocenters. The second kappa shape index (κ2) is 7.63. The van der Waals surface area contributed by atoms with Gasteiger partial charge in [-0.2, -0.15) is 5.26 Å². The van der Waals surface area contributed by atoms with Crippen molar-refractivity contribution in [2.45, 2.75) is 19.9 Å². The Morgan fingerprint density at radius 3 is 2.33 bits per heavy atom. The highest BCUT2D eigenvalue weighted by Crippen LogP contribution is 1.95. The Hall–Kier alpha value is -1.76. The van der Waals surface area contributed by atoms with Crippen molar-refractivity contribution in [3.8, 4) is 6.19 Å². The van der Waals surface area contributed by atoms with Crippen LogP contribution in [-0.2, 0) is 0 Å². The Balaban J connectivity index is 4.74. The topological polar surface area (TPSA) is 51.4 Å². The zero-order chi connectivity index (χ0) is 11.7. The van der Waals surface area contributed by atoms with Crippen LogP contribution in [0.25, 0.3) is 0 Å². The summed E-state index contributed by atoms with van der Waals surface area (Å²) in [5, 5.41) is 11.2. The van der Waals surface area contributed by atoms with Crippen LogP contribution in [0.15, 0.2) is 30.3 Å². The minimum absolute atomic E-state index is 0.137. The number of aliphatic imine (C=N–C) groups is 1. The lowest BCUT2D eigenvalue weighted by atomic mass is 10.4. The summed E-state index contributed by atoms with van der Waals surface area (Å²) in [7, 11) is 0. The minimum Gasteiger partial charge on any atom is -0.335 e. The summed E-state index contributed by atoms with van der Waals surface area (Å²) in [5.41, 5.74) is 0. The third kappa shape index (κ3) is 5.53. The van der Waals surface area contributed by atoms with Crippen LogP contribution in [0.5, 0.6) is 0 Å². The molecule has 0 saturated carbocycles. The molecule has 0 rings (SSSR count). The van der Waals surface area contributed by atoms with Gasteiger partial charge in [0, 0.05) is 19.1 Å². The number of nitrogens with zero attached hydrogens (tertiary/aromatic N) is 3. The summed E-state index contributed by atoms with van der Waals surface area (Å²) < 4.78 is 0. The maximum absolute atomic E-state index is 8.61. The molecule has 0 aromatic heterocycles. The van der Waals surface area contributed by atoms with E-state index in [-0.39, 0.29) is 6.04 Å². The molecule has 0 spiro atoms. The largest absolute Gasteiger partial charge is 0.335 e. The number of nitrogens with one attached hydrogen (secondary N) is 1. The molecule has 0 heterocycles. The summed E-state index contributed by atoms with van der Waals surface area (Å²) in [6, 6.07) is 0.137. The quantitative estimate of drug-likeness (QED) is 0.244. The lowest BCUT2D eigenvalue weighted by molar-refractivity contribution is 0.493. The normalized spacial score (nSPS) is 10.7. The van der Waals surface area contributed by atoms with Crippen LogP contribution >= 0.6 is 0 Å². The SMILES string of the molecule is C=CCN(CC=C)C(=NC(C)C)NC#N. The van der Waals surface area contributed by atoms with Crippen molar-refractivity contribution in [1.29, 1.82) is 5.26 Å². The fourth-order valence-electron chi connectivity index (χ4n) is 1.05. The lowest BCUT2D eigenvalue weighted by Gasteiger charge is -2.22. The van der Waals surface area contributed by atoms with E-state index in [1.807, 2.05) is 24.9 Å². The van der Waals surface area contributed by atoms with Gasteiger partial charge in [0.25, 0.3) is 0 Å². The van der Waals surface area contributed by atoms with E-state index in [9.17, 15) is 0 Å². The van der Waals surface area contributed by atoms with Crippen molar-refractivity contribution in [1.82, 2.24) is 10.2 Å². The van der Waals surface area contributed by atoms with Gasteiger partial charge < -0.3 is 4.90 Å². The first-order valence-corrected chi connectivity index (χ1v) is 4.85. The third-order valence-electron chi connectivity index (χ3n) is 1.55. The molecule has 0 aliphatic heterocycles. The first-order valence-electron chi connectivity index (χ1n) is 4.85. The van der Waals surface area contributed by atoms with Crippen LogP contribution in [0.3, 0.4) is 0 Å². The van der Waals surface area contributed by atoms with Crippen molar-refractivity contribution in [2.75, 3.05) is 13.1 Å². The molecule has 82 valence electrons. The van der Waals surface area contributed by atoms with Gasteiger partial charge in [-0.05, 0) is 13.8 Å². The maximum Gasteiger partial charge on any atom is 0.208 e.